The monoisotopic (exact) mass is 255 g/mol. The molecule has 0 bridgehead atoms. The Labute approximate surface area is 104 Å². The summed E-state index contributed by atoms with van der Waals surface area (Å²) in [5.74, 6) is -0.675. The smallest absolute Gasteiger partial charge is 0.293 e. The van der Waals surface area contributed by atoms with Crippen LogP contribution in [0.2, 0.25) is 0 Å². The molecule has 0 aliphatic rings. The molecule has 0 aliphatic heterocycles. The van der Waals surface area contributed by atoms with E-state index in [2.05, 4.69) is 14.5 Å². The Kier molecular flexibility index (Phi) is 6.38. The summed E-state index contributed by atoms with van der Waals surface area (Å²) in [7, 11) is 0. The van der Waals surface area contributed by atoms with Gasteiger partial charge in [-0.05, 0) is 25.0 Å². The van der Waals surface area contributed by atoms with Crippen molar-refractivity contribution in [1.82, 2.24) is 4.98 Å². The molecule has 6 heteroatoms. The molecule has 1 heterocycles. The minimum absolute atomic E-state index is 0.172. The number of pyridine rings is 1. The number of carbonyl (C=O) groups excluding carboxylic acids is 2. The standard InChI is InChI=1S/C12H14FNO4/c13-11-2-1-5-14-12(11)10(3-6-17-8-15)4-7-18-9-16/h1-2,5,8-10H,3-4,6-7H2. The van der Waals surface area contributed by atoms with E-state index >= 15 is 0 Å². The van der Waals surface area contributed by atoms with Crippen LogP contribution in [0.15, 0.2) is 18.3 Å². The summed E-state index contributed by atoms with van der Waals surface area (Å²) < 4.78 is 22.8. The van der Waals surface area contributed by atoms with Crippen LogP contribution in [0.1, 0.15) is 24.5 Å². The van der Waals surface area contributed by atoms with Gasteiger partial charge in [0.15, 0.2) is 0 Å². The first-order chi connectivity index (χ1) is 8.79. The van der Waals surface area contributed by atoms with E-state index < -0.39 is 5.82 Å². The van der Waals surface area contributed by atoms with Gasteiger partial charge in [0.05, 0.1) is 18.9 Å². The molecule has 0 radical (unpaired) electrons. The van der Waals surface area contributed by atoms with Crippen molar-refractivity contribution >= 4 is 12.9 Å². The maximum Gasteiger partial charge on any atom is 0.293 e. The SMILES string of the molecule is O=COCCC(CCOC=O)c1ncccc1F. The molecular weight excluding hydrogens is 241 g/mol. The van der Waals surface area contributed by atoms with E-state index in [4.69, 9.17) is 0 Å². The van der Waals surface area contributed by atoms with Gasteiger partial charge >= 0.3 is 0 Å². The first-order valence-electron chi connectivity index (χ1n) is 5.50. The summed E-state index contributed by atoms with van der Waals surface area (Å²) in [6, 6.07) is 2.82. The highest BCUT2D eigenvalue weighted by atomic mass is 19.1. The van der Waals surface area contributed by atoms with Crippen molar-refractivity contribution in [3.05, 3.63) is 29.8 Å². The predicted molar refractivity (Wildman–Crippen MR) is 60.2 cm³/mol. The molecule has 0 atom stereocenters. The van der Waals surface area contributed by atoms with Crippen molar-refractivity contribution < 1.29 is 23.5 Å². The average molecular weight is 255 g/mol. The van der Waals surface area contributed by atoms with Crippen LogP contribution >= 0.6 is 0 Å². The second-order valence-electron chi connectivity index (χ2n) is 3.58. The topological polar surface area (TPSA) is 65.5 Å². The molecule has 1 aromatic heterocycles. The van der Waals surface area contributed by atoms with Crippen LogP contribution in [0.3, 0.4) is 0 Å². The average Bonchev–Trinajstić information content (AvgIpc) is 2.38. The first kappa shape index (κ1) is 14.1. The van der Waals surface area contributed by atoms with Gasteiger partial charge in [-0.1, -0.05) is 0 Å². The highest BCUT2D eigenvalue weighted by molar-refractivity contribution is 5.37. The Balaban J connectivity index is 2.66. The molecule has 0 saturated carbocycles. The van der Waals surface area contributed by atoms with Crippen LogP contribution in [0.4, 0.5) is 4.39 Å². The number of halogens is 1. The zero-order valence-corrected chi connectivity index (χ0v) is 9.75. The van der Waals surface area contributed by atoms with Gasteiger partial charge in [-0.25, -0.2) is 4.39 Å². The maximum atomic E-state index is 13.6. The third-order valence-corrected chi connectivity index (χ3v) is 2.48. The van der Waals surface area contributed by atoms with Crippen LogP contribution in [0, 0.1) is 5.82 Å². The summed E-state index contributed by atoms with van der Waals surface area (Å²) in [4.78, 5) is 24.1. The van der Waals surface area contributed by atoms with Crippen molar-refractivity contribution in [2.24, 2.45) is 0 Å². The van der Waals surface area contributed by atoms with E-state index in [1.165, 1.54) is 18.3 Å². The van der Waals surface area contributed by atoms with E-state index in [0.29, 0.717) is 31.5 Å². The Morgan fingerprint density at radius 3 is 2.33 bits per heavy atom. The van der Waals surface area contributed by atoms with E-state index in [-0.39, 0.29) is 19.1 Å². The molecule has 0 spiro atoms. The van der Waals surface area contributed by atoms with Crippen molar-refractivity contribution in [2.45, 2.75) is 18.8 Å². The van der Waals surface area contributed by atoms with Gasteiger partial charge in [-0.15, -0.1) is 0 Å². The summed E-state index contributed by atoms with van der Waals surface area (Å²) >= 11 is 0. The predicted octanol–water partition coefficient (Wildman–Crippen LogP) is 1.43. The van der Waals surface area contributed by atoms with Crippen LogP contribution in [-0.4, -0.2) is 31.1 Å². The number of hydrogen-bond acceptors (Lipinski definition) is 5. The minimum atomic E-state index is -0.417. The third-order valence-electron chi connectivity index (χ3n) is 2.48. The number of aromatic nitrogens is 1. The minimum Gasteiger partial charge on any atom is -0.468 e. The summed E-state index contributed by atoms with van der Waals surface area (Å²) in [6.07, 6.45) is 2.34. The van der Waals surface area contributed by atoms with E-state index in [9.17, 15) is 14.0 Å². The lowest BCUT2D eigenvalue weighted by molar-refractivity contribution is -0.129. The van der Waals surface area contributed by atoms with Crippen molar-refractivity contribution in [3.63, 3.8) is 0 Å². The molecule has 5 nitrogen and oxygen atoms in total. The Hall–Kier alpha value is -1.98. The van der Waals surface area contributed by atoms with E-state index in [1.54, 1.807) is 0 Å². The number of rotatable bonds is 9. The second kappa shape index (κ2) is 8.16. The molecule has 1 aromatic rings. The van der Waals surface area contributed by atoms with Gasteiger partial charge in [0, 0.05) is 12.1 Å². The largest absolute Gasteiger partial charge is 0.468 e. The molecular formula is C12H14FNO4. The number of hydrogen-bond donors (Lipinski definition) is 0. The van der Waals surface area contributed by atoms with E-state index in [1.807, 2.05) is 0 Å². The first-order valence-corrected chi connectivity index (χ1v) is 5.50. The van der Waals surface area contributed by atoms with Gasteiger partial charge in [0.2, 0.25) is 0 Å². The van der Waals surface area contributed by atoms with Gasteiger partial charge in [-0.2, -0.15) is 0 Å². The Bertz CT molecular complexity index is 372. The molecule has 0 aliphatic carbocycles. The van der Waals surface area contributed by atoms with Crippen molar-refractivity contribution in [1.29, 1.82) is 0 Å². The highest BCUT2D eigenvalue weighted by Gasteiger charge is 2.17. The number of ether oxygens (including phenoxy) is 2. The van der Waals surface area contributed by atoms with Gasteiger partial charge in [0.25, 0.3) is 12.9 Å². The lowest BCUT2D eigenvalue weighted by Gasteiger charge is -2.15. The molecule has 0 N–H and O–H groups in total. The van der Waals surface area contributed by atoms with Crippen molar-refractivity contribution in [2.75, 3.05) is 13.2 Å². The lowest BCUT2D eigenvalue weighted by Crippen LogP contribution is -2.10. The quantitative estimate of drug-likeness (QED) is 0.493. The second-order valence-corrected chi connectivity index (χ2v) is 3.58. The van der Waals surface area contributed by atoms with Crippen molar-refractivity contribution in [3.8, 4) is 0 Å². The Morgan fingerprint density at radius 1 is 1.22 bits per heavy atom. The lowest BCUT2D eigenvalue weighted by atomic mass is 9.97. The van der Waals surface area contributed by atoms with Gasteiger partial charge < -0.3 is 9.47 Å². The zero-order chi connectivity index (χ0) is 13.2. The number of nitrogens with zero attached hydrogens (tertiary/aromatic N) is 1. The Morgan fingerprint density at radius 2 is 1.83 bits per heavy atom. The highest BCUT2D eigenvalue weighted by Crippen LogP contribution is 2.23. The fourth-order valence-electron chi connectivity index (χ4n) is 1.63. The molecule has 0 saturated heterocycles. The van der Waals surface area contributed by atoms with Gasteiger partial charge in [0.1, 0.15) is 5.82 Å². The molecule has 0 amide bonds. The normalized spacial score (nSPS) is 10.1. The summed E-state index contributed by atoms with van der Waals surface area (Å²) in [5, 5.41) is 0. The van der Waals surface area contributed by atoms with Crippen LogP contribution < -0.4 is 0 Å². The van der Waals surface area contributed by atoms with Gasteiger partial charge in [-0.3, -0.25) is 14.6 Å². The zero-order valence-electron chi connectivity index (χ0n) is 9.75. The summed E-state index contributed by atoms with van der Waals surface area (Å²) in [6.45, 7) is 1.03. The molecule has 98 valence electrons. The molecule has 1 rings (SSSR count). The number of carbonyl (C=O) groups is 2. The van der Waals surface area contributed by atoms with Crippen LogP contribution in [0.5, 0.6) is 0 Å². The fourth-order valence-corrected chi connectivity index (χ4v) is 1.63. The van der Waals surface area contributed by atoms with Crippen LogP contribution in [0.25, 0.3) is 0 Å². The van der Waals surface area contributed by atoms with E-state index in [0.717, 1.165) is 0 Å². The summed E-state index contributed by atoms with van der Waals surface area (Å²) in [5.41, 5.74) is 0.293. The molecule has 0 aromatic carbocycles. The third kappa shape index (κ3) is 4.48. The fraction of sp³-hybridized carbons (Fsp3) is 0.417. The molecule has 0 unspecified atom stereocenters. The maximum absolute atomic E-state index is 13.6. The van der Waals surface area contributed by atoms with Crippen LogP contribution in [-0.2, 0) is 19.1 Å². The molecule has 0 fully saturated rings. The molecule has 18 heavy (non-hydrogen) atoms.